The van der Waals surface area contributed by atoms with Crippen molar-refractivity contribution in [2.24, 2.45) is 0 Å². The van der Waals surface area contributed by atoms with Crippen LogP contribution in [-0.2, 0) is 19.4 Å². The van der Waals surface area contributed by atoms with Gasteiger partial charge in [-0.1, -0.05) is 18.2 Å². The van der Waals surface area contributed by atoms with Crippen LogP contribution in [0.25, 0.3) is 0 Å². The quantitative estimate of drug-likeness (QED) is 0.508. The Morgan fingerprint density at radius 2 is 1.93 bits per heavy atom. The number of halogens is 1. The molecule has 1 aromatic carbocycles. The summed E-state index contributed by atoms with van der Waals surface area (Å²) < 4.78 is 0.792. The standard InChI is InChI=1S/C21H20BrN3O2S2/c1-12-6-2-3-7-14(12)18(26)25-20-17(15-8-4-5-9-16(15)29-20)19(27)23-10-13-11-24-21(22)28-13/h2-3,6-7,11H,4-5,8-10H2,1H3,(H,23,27)(H,25,26). The fourth-order valence-electron chi connectivity index (χ4n) is 3.51. The minimum atomic E-state index is -0.179. The van der Waals surface area contributed by atoms with E-state index in [4.69, 9.17) is 0 Å². The first-order valence-corrected chi connectivity index (χ1v) is 11.9. The van der Waals surface area contributed by atoms with E-state index < -0.39 is 0 Å². The first kappa shape index (κ1) is 20.3. The number of nitrogens with zero attached hydrogens (tertiary/aromatic N) is 1. The second-order valence-corrected chi connectivity index (χ2v) is 10.4. The van der Waals surface area contributed by atoms with Gasteiger partial charge in [0.25, 0.3) is 11.8 Å². The van der Waals surface area contributed by atoms with Crippen LogP contribution in [-0.4, -0.2) is 16.8 Å². The summed E-state index contributed by atoms with van der Waals surface area (Å²) in [6.07, 6.45) is 5.77. The maximum absolute atomic E-state index is 13.1. The highest BCUT2D eigenvalue weighted by Gasteiger charge is 2.26. The van der Waals surface area contributed by atoms with Crippen molar-refractivity contribution < 1.29 is 9.59 Å². The number of aryl methyl sites for hydroxylation is 2. The number of hydrogen-bond donors (Lipinski definition) is 2. The van der Waals surface area contributed by atoms with Crippen molar-refractivity contribution in [3.8, 4) is 0 Å². The number of thiophene rings is 1. The zero-order valence-corrected chi connectivity index (χ0v) is 19.1. The largest absolute Gasteiger partial charge is 0.347 e. The summed E-state index contributed by atoms with van der Waals surface area (Å²) in [6.45, 7) is 2.33. The third-order valence-corrected chi connectivity index (χ3v) is 7.65. The number of benzene rings is 1. The van der Waals surface area contributed by atoms with Crippen LogP contribution < -0.4 is 10.6 Å². The summed E-state index contributed by atoms with van der Waals surface area (Å²) in [5.41, 5.74) is 3.24. The zero-order chi connectivity index (χ0) is 20.4. The normalized spacial score (nSPS) is 13.0. The lowest BCUT2D eigenvalue weighted by Gasteiger charge is -2.13. The molecule has 150 valence electrons. The van der Waals surface area contributed by atoms with Gasteiger partial charge in [0.15, 0.2) is 3.92 Å². The second-order valence-electron chi connectivity index (χ2n) is 6.95. The molecule has 29 heavy (non-hydrogen) atoms. The van der Waals surface area contributed by atoms with E-state index in [0.29, 0.717) is 22.7 Å². The van der Waals surface area contributed by atoms with Gasteiger partial charge in [0.2, 0.25) is 0 Å². The van der Waals surface area contributed by atoms with E-state index in [2.05, 4.69) is 31.5 Å². The van der Waals surface area contributed by atoms with E-state index >= 15 is 0 Å². The molecular weight excluding hydrogens is 470 g/mol. The molecule has 0 radical (unpaired) electrons. The van der Waals surface area contributed by atoms with E-state index in [1.165, 1.54) is 27.6 Å². The molecule has 0 fully saturated rings. The number of aromatic nitrogens is 1. The van der Waals surface area contributed by atoms with E-state index in [1.807, 2.05) is 25.1 Å². The van der Waals surface area contributed by atoms with Gasteiger partial charge in [0.1, 0.15) is 5.00 Å². The van der Waals surface area contributed by atoms with Gasteiger partial charge in [0.05, 0.1) is 12.1 Å². The molecule has 2 amide bonds. The number of nitrogens with one attached hydrogen (secondary N) is 2. The predicted molar refractivity (Wildman–Crippen MR) is 121 cm³/mol. The average molecular weight is 490 g/mol. The van der Waals surface area contributed by atoms with Crippen LogP contribution in [0.2, 0.25) is 0 Å². The molecule has 1 aliphatic carbocycles. The van der Waals surface area contributed by atoms with Crippen LogP contribution in [0.4, 0.5) is 5.00 Å². The monoisotopic (exact) mass is 489 g/mol. The van der Waals surface area contributed by atoms with Crippen molar-refractivity contribution >= 4 is 55.4 Å². The van der Waals surface area contributed by atoms with Crippen LogP contribution >= 0.6 is 38.6 Å². The van der Waals surface area contributed by atoms with E-state index in [-0.39, 0.29) is 11.8 Å². The summed E-state index contributed by atoms with van der Waals surface area (Å²) in [6, 6.07) is 7.48. The Morgan fingerprint density at radius 3 is 2.69 bits per heavy atom. The van der Waals surface area contributed by atoms with Crippen LogP contribution in [0.15, 0.2) is 34.4 Å². The Balaban J connectivity index is 1.60. The van der Waals surface area contributed by atoms with Crippen LogP contribution in [0.5, 0.6) is 0 Å². The first-order chi connectivity index (χ1) is 14.0. The number of rotatable bonds is 5. The molecule has 2 heterocycles. The van der Waals surface area contributed by atoms with Gasteiger partial charge in [-0.3, -0.25) is 9.59 Å². The molecule has 0 bridgehead atoms. The van der Waals surface area contributed by atoms with Crippen LogP contribution in [0.1, 0.15) is 54.4 Å². The molecule has 0 saturated heterocycles. The fraction of sp³-hybridized carbons (Fsp3) is 0.286. The molecule has 0 saturated carbocycles. The lowest BCUT2D eigenvalue weighted by atomic mass is 9.95. The van der Waals surface area contributed by atoms with E-state index in [0.717, 1.165) is 45.6 Å². The Hall–Kier alpha value is -2.03. The van der Waals surface area contributed by atoms with Crippen molar-refractivity contribution in [1.82, 2.24) is 10.3 Å². The summed E-state index contributed by atoms with van der Waals surface area (Å²) in [5, 5.41) is 6.65. The van der Waals surface area contributed by atoms with Gasteiger partial charge in [-0.2, -0.15) is 0 Å². The third-order valence-electron chi connectivity index (χ3n) is 4.96. The molecule has 8 heteroatoms. The highest BCUT2D eigenvalue weighted by molar-refractivity contribution is 9.11. The first-order valence-electron chi connectivity index (χ1n) is 9.43. The Kier molecular flexibility index (Phi) is 6.12. The summed E-state index contributed by atoms with van der Waals surface area (Å²) in [4.78, 5) is 32.3. The van der Waals surface area contributed by atoms with Crippen molar-refractivity contribution in [2.75, 3.05) is 5.32 Å². The predicted octanol–water partition coefficient (Wildman–Crippen LogP) is 5.34. The molecule has 0 unspecified atom stereocenters. The third kappa shape index (κ3) is 4.44. The molecule has 5 nitrogen and oxygen atoms in total. The number of anilines is 1. The summed E-state index contributed by atoms with van der Waals surface area (Å²) >= 11 is 6.37. The highest BCUT2D eigenvalue weighted by atomic mass is 79.9. The number of hydrogen-bond acceptors (Lipinski definition) is 5. The number of thiazole rings is 1. The topological polar surface area (TPSA) is 71.1 Å². The molecule has 0 atom stereocenters. The zero-order valence-electron chi connectivity index (χ0n) is 15.9. The molecule has 2 aromatic heterocycles. The summed E-state index contributed by atoms with van der Waals surface area (Å²) in [5.74, 6) is -0.323. The average Bonchev–Trinajstić information content (AvgIpc) is 3.29. The van der Waals surface area contributed by atoms with Gasteiger partial charge < -0.3 is 10.6 Å². The molecule has 3 aromatic rings. The molecule has 1 aliphatic rings. The van der Waals surface area contributed by atoms with Gasteiger partial charge >= 0.3 is 0 Å². The lowest BCUT2D eigenvalue weighted by molar-refractivity contribution is 0.0951. The minimum Gasteiger partial charge on any atom is -0.347 e. The van der Waals surface area contributed by atoms with Gasteiger partial charge in [-0.15, -0.1) is 22.7 Å². The Morgan fingerprint density at radius 1 is 1.14 bits per heavy atom. The smallest absolute Gasteiger partial charge is 0.256 e. The van der Waals surface area contributed by atoms with Crippen molar-refractivity contribution in [2.45, 2.75) is 39.2 Å². The Bertz CT molecular complexity index is 1070. The number of carbonyl (C=O) groups excluding carboxylic acids is 2. The van der Waals surface area contributed by atoms with Crippen molar-refractivity contribution in [3.63, 3.8) is 0 Å². The number of amides is 2. The number of carbonyl (C=O) groups is 2. The van der Waals surface area contributed by atoms with E-state index in [9.17, 15) is 9.59 Å². The van der Waals surface area contributed by atoms with E-state index in [1.54, 1.807) is 12.3 Å². The Labute approximate surface area is 185 Å². The van der Waals surface area contributed by atoms with Gasteiger partial charge in [0, 0.05) is 21.5 Å². The number of fused-ring (bicyclic) bond motifs is 1. The van der Waals surface area contributed by atoms with Crippen LogP contribution in [0.3, 0.4) is 0 Å². The molecular formula is C21H20BrN3O2S2. The van der Waals surface area contributed by atoms with Gasteiger partial charge in [-0.05, 0) is 65.7 Å². The van der Waals surface area contributed by atoms with Crippen molar-refractivity contribution in [1.29, 1.82) is 0 Å². The molecule has 2 N–H and O–H groups in total. The lowest BCUT2D eigenvalue weighted by Crippen LogP contribution is -2.25. The summed E-state index contributed by atoms with van der Waals surface area (Å²) in [7, 11) is 0. The minimum absolute atomic E-state index is 0.144. The molecule has 0 aliphatic heterocycles. The SMILES string of the molecule is Cc1ccccc1C(=O)Nc1sc2c(c1C(=O)NCc1cnc(Br)s1)CCCC2. The van der Waals surface area contributed by atoms with Crippen molar-refractivity contribution in [3.05, 3.63) is 66.4 Å². The molecule has 4 rings (SSSR count). The highest BCUT2D eigenvalue weighted by Crippen LogP contribution is 2.38. The maximum Gasteiger partial charge on any atom is 0.256 e. The maximum atomic E-state index is 13.1. The van der Waals surface area contributed by atoms with Gasteiger partial charge in [-0.25, -0.2) is 4.98 Å². The molecule has 0 spiro atoms. The fourth-order valence-corrected chi connectivity index (χ4v) is 6.09. The second kappa shape index (κ2) is 8.77. The van der Waals surface area contributed by atoms with Crippen LogP contribution in [0, 0.1) is 6.92 Å².